The molecule has 0 saturated heterocycles. The van der Waals surface area contributed by atoms with E-state index in [1.54, 1.807) is 0 Å². The largest absolute Gasteiger partial charge is 0.310 e. The third kappa shape index (κ3) is 3.79. The summed E-state index contributed by atoms with van der Waals surface area (Å²) in [5.41, 5.74) is 2.48. The monoisotopic (exact) mass is 197 g/mol. The van der Waals surface area contributed by atoms with Gasteiger partial charge < -0.3 is 5.32 Å². The van der Waals surface area contributed by atoms with Crippen LogP contribution >= 0.6 is 11.6 Å². The van der Waals surface area contributed by atoms with Crippen molar-refractivity contribution in [1.82, 2.24) is 5.32 Å². The lowest BCUT2D eigenvalue weighted by molar-refractivity contribution is 0.589. The molecule has 1 N–H and O–H groups in total. The smallest absolute Gasteiger partial charge is 0.0474 e. The number of benzene rings is 1. The molecule has 0 aromatic heterocycles. The molecule has 0 bridgehead atoms. The molecule has 0 amide bonds. The zero-order chi connectivity index (χ0) is 9.68. The summed E-state index contributed by atoms with van der Waals surface area (Å²) in [6, 6.07) is 8.92. The molecule has 72 valence electrons. The molecule has 1 aromatic carbocycles. The lowest BCUT2D eigenvalue weighted by atomic mass is 10.1. The third-order valence-electron chi connectivity index (χ3n) is 1.89. The summed E-state index contributed by atoms with van der Waals surface area (Å²) >= 11 is 5.69. The Bertz CT molecular complexity index is 241. The van der Waals surface area contributed by atoms with E-state index in [4.69, 9.17) is 11.6 Å². The molecule has 0 fully saturated rings. The van der Waals surface area contributed by atoms with Crippen LogP contribution in [-0.2, 0) is 12.4 Å². The topological polar surface area (TPSA) is 12.0 Å². The molecule has 0 heterocycles. The summed E-state index contributed by atoms with van der Waals surface area (Å²) in [5.74, 6) is 0.595. The van der Waals surface area contributed by atoms with E-state index in [2.05, 4.69) is 43.4 Å². The van der Waals surface area contributed by atoms with Crippen LogP contribution in [0.2, 0.25) is 0 Å². The van der Waals surface area contributed by atoms with E-state index < -0.39 is 0 Å². The molecule has 1 aromatic rings. The zero-order valence-electron chi connectivity index (χ0n) is 8.18. The molecule has 0 aliphatic carbocycles. The molecule has 0 radical (unpaired) electrons. The number of halogens is 1. The van der Waals surface area contributed by atoms with E-state index in [0.717, 1.165) is 6.54 Å². The predicted octanol–water partition coefficient (Wildman–Crippen LogP) is 2.92. The van der Waals surface area contributed by atoms with Gasteiger partial charge >= 0.3 is 0 Å². The second-order valence-corrected chi connectivity index (χ2v) is 3.75. The number of alkyl halides is 1. The Morgan fingerprint density at radius 1 is 1.15 bits per heavy atom. The molecule has 0 saturated carbocycles. The van der Waals surface area contributed by atoms with E-state index in [1.165, 1.54) is 11.1 Å². The first-order valence-electron chi connectivity index (χ1n) is 4.59. The Balaban J connectivity index is 2.49. The van der Waals surface area contributed by atoms with Crippen molar-refractivity contribution in [2.45, 2.75) is 32.3 Å². The number of hydrogen-bond donors (Lipinski definition) is 1. The van der Waals surface area contributed by atoms with Gasteiger partial charge in [-0.1, -0.05) is 38.1 Å². The van der Waals surface area contributed by atoms with E-state index in [0.29, 0.717) is 11.9 Å². The van der Waals surface area contributed by atoms with Crippen LogP contribution in [0.15, 0.2) is 24.3 Å². The van der Waals surface area contributed by atoms with Crippen molar-refractivity contribution in [2.24, 2.45) is 0 Å². The van der Waals surface area contributed by atoms with Crippen molar-refractivity contribution in [3.8, 4) is 0 Å². The maximum absolute atomic E-state index is 5.69. The summed E-state index contributed by atoms with van der Waals surface area (Å²) in [6.07, 6.45) is 0. The Labute approximate surface area is 85.1 Å². The molecule has 0 atom stereocenters. The van der Waals surface area contributed by atoms with Gasteiger partial charge in [-0.3, -0.25) is 0 Å². The van der Waals surface area contributed by atoms with Gasteiger partial charge in [0.1, 0.15) is 0 Å². The van der Waals surface area contributed by atoms with E-state index in [-0.39, 0.29) is 0 Å². The minimum Gasteiger partial charge on any atom is -0.310 e. The van der Waals surface area contributed by atoms with Crippen LogP contribution in [0.4, 0.5) is 0 Å². The van der Waals surface area contributed by atoms with Crippen molar-refractivity contribution < 1.29 is 0 Å². The maximum Gasteiger partial charge on any atom is 0.0474 e. The van der Waals surface area contributed by atoms with Gasteiger partial charge in [0, 0.05) is 18.5 Å². The minimum atomic E-state index is 0.535. The average Bonchev–Trinajstić information content (AvgIpc) is 2.15. The second kappa shape index (κ2) is 5.25. The quantitative estimate of drug-likeness (QED) is 0.732. The highest BCUT2D eigenvalue weighted by atomic mass is 35.5. The van der Waals surface area contributed by atoms with E-state index in [9.17, 15) is 0 Å². The minimum absolute atomic E-state index is 0.535. The Morgan fingerprint density at radius 3 is 2.15 bits per heavy atom. The van der Waals surface area contributed by atoms with Gasteiger partial charge in [-0.2, -0.15) is 0 Å². The molecule has 1 nitrogen and oxygen atoms in total. The highest BCUT2D eigenvalue weighted by molar-refractivity contribution is 6.17. The Morgan fingerprint density at radius 2 is 1.69 bits per heavy atom. The van der Waals surface area contributed by atoms with E-state index >= 15 is 0 Å². The Hall–Kier alpha value is -0.530. The first-order valence-corrected chi connectivity index (χ1v) is 5.13. The van der Waals surface area contributed by atoms with Gasteiger partial charge in [0.2, 0.25) is 0 Å². The standard InChI is InChI=1S/C11H16ClN/c1-9(2)13-8-11-5-3-10(7-12)4-6-11/h3-6,9,13H,7-8H2,1-2H3. The van der Waals surface area contributed by atoms with Crippen molar-refractivity contribution in [2.75, 3.05) is 0 Å². The molecule has 1 rings (SSSR count). The summed E-state index contributed by atoms with van der Waals surface area (Å²) in [7, 11) is 0. The van der Waals surface area contributed by atoms with Crippen LogP contribution in [0, 0.1) is 0 Å². The maximum atomic E-state index is 5.69. The predicted molar refractivity (Wildman–Crippen MR) is 58.0 cm³/mol. The zero-order valence-corrected chi connectivity index (χ0v) is 8.93. The van der Waals surface area contributed by atoms with Crippen LogP contribution in [0.25, 0.3) is 0 Å². The lowest BCUT2D eigenvalue weighted by Crippen LogP contribution is -2.21. The summed E-state index contributed by atoms with van der Waals surface area (Å²) in [6.45, 7) is 5.22. The van der Waals surface area contributed by atoms with Crippen molar-refractivity contribution in [3.63, 3.8) is 0 Å². The second-order valence-electron chi connectivity index (χ2n) is 3.49. The normalized spacial score (nSPS) is 10.8. The molecule has 0 aliphatic rings. The molecule has 2 heteroatoms. The van der Waals surface area contributed by atoms with Crippen LogP contribution in [-0.4, -0.2) is 6.04 Å². The van der Waals surface area contributed by atoms with Gasteiger partial charge in [-0.25, -0.2) is 0 Å². The molecular formula is C11H16ClN. The molecule has 0 unspecified atom stereocenters. The first kappa shape index (κ1) is 10.6. The van der Waals surface area contributed by atoms with Crippen LogP contribution in [0.5, 0.6) is 0 Å². The number of hydrogen-bond acceptors (Lipinski definition) is 1. The molecule has 0 spiro atoms. The Kier molecular flexibility index (Phi) is 4.26. The van der Waals surface area contributed by atoms with Gasteiger partial charge in [-0.15, -0.1) is 11.6 Å². The van der Waals surface area contributed by atoms with E-state index in [1.807, 2.05) is 0 Å². The van der Waals surface area contributed by atoms with Crippen molar-refractivity contribution in [1.29, 1.82) is 0 Å². The fourth-order valence-corrected chi connectivity index (χ4v) is 1.25. The highest BCUT2D eigenvalue weighted by Crippen LogP contribution is 2.06. The van der Waals surface area contributed by atoms with Gasteiger partial charge in [-0.05, 0) is 11.1 Å². The summed E-state index contributed by atoms with van der Waals surface area (Å²) < 4.78 is 0. The molecular weight excluding hydrogens is 182 g/mol. The van der Waals surface area contributed by atoms with Crippen LogP contribution in [0.1, 0.15) is 25.0 Å². The molecule has 0 aliphatic heterocycles. The fourth-order valence-electron chi connectivity index (χ4n) is 1.07. The van der Waals surface area contributed by atoms with Crippen molar-refractivity contribution >= 4 is 11.6 Å². The third-order valence-corrected chi connectivity index (χ3v) is 2.20. The summed E-state index contributed by atoms with van der Waals surface area (Å²) in [5, 5.41) is 3.37. The lowest BCUT2D eigenvalue weighted by Gasteiger charge is -2.07. The fraction of sp³-hybridized carbons (Fsp3) is 0.455. The SMILES string of the molecule is CC(C)NCc1ccc(CCl)cc1. The highest BCUT2D eigenvalue weighted by Gasteiger charge is 1.95. The van der Waals surface area contributed by atoms with Crippen LogP contribution < -0.4 is 5.32 Å². The van der Waals surface area contributed by atoms with Gasteiger partial charge in [0.05, 0.1) is 0 Å². The van der Waals surface area contributed by atoms with Crippen molar-refractivity contribution in [3.05, 3.63) is 35.4 Å². The van der Waals surface area contributed by atoms with Gasteiger partial charge in [0.15, 0.2) is 0 Å². The number of rotatable bonds is 4. The summed E-state index contributed by atoms with van der Waals surface area (Å²) in [4.78, 5) is 0. The first-order chi connectivity index (χ1) is 6.22. The number of nitrogens with one attached hydrogen (secondary N) is 1. The van der Waals surface area contributed by atoms with Gasteiger partial charge in [0.25, 0.3) is 0 Å². The van der Waals surface area contributed by atoms with Crippen LogP contribution in [0.3, 0.4) is 0 Å². The molecule has 13 heavy (non-hydrogen) atoms. The average molecular weight is 198 g/mol.